The van der Waals surface area contributed by atoms with Gasteiger partial charge >= 0.3 is 0 Å². The maximum absolute atomic E-state index is 6.45. The second-order valence-corrected chi connectivity index (χ2v) is 7.44. The number of nitrogens with zero attached hydrogens (tertiary/aromatic N) is 1. The SMILES string of the molecule is CCOc1ccc(OC(c2ccc(OCC)cc2)C2CN(C(C)C)CCO2)cc1. The van der Waals surface area contributed by atoms with E-state index >= 15 is 0 Å². The molecule has 0 N–H and O–H groups in total. The van der Waals surface area contributed by atoms with Gasteiger partial charge in [-0.15, -0.1) is 0 Å². The molecule has 0 radical (unpaired) electrons. The Morgan fingerprint density at radius 3 is 2.00 bits per heavy atom. The molecule has 0 spiro atoms. The second-order valence-electron chi connectivity index (χ2n) is 7.44. The third-order valence-electron chi connectivity index (χ3n) is 5.11. The minimum Gasteiger partial charge on any atom is -0.494 e. The van der Waals surface area contributed by atoms with Crippen LogP contribution in [0.25, 0.3) is 0 Å². The average Bonchev–Trinajstić information content (AvgIpc) is 2.74. The van der Waals surface area contributed by atoms with E-state index in [1.54, 1.807) is 0 Å². The number of hydrogen-bond donors (Lipinski definition) is 0. The van der Waals surface area contributed by atoms with Gasteiger partial charge in [-0.1, -0.05) is 12.1 Å². The molecule has 5 nitrogen and oxygen atoms in total. The molecule has 29 heavy (non-hydrogen) atoms. The van der Waals surface area contributed by atoms with Crippen LogP contribution in [-0.4, -0.2) is 50.0 Å². The van der Waals surface area contributed by atoms with Crippen molar-refractivity contribution in [3.05, 3.63) is 54.1 Å². The van der Waals surface area contributed by atoms with Gasteiger partial charge in [0.25, 0.3) is 0 Å². The third kappa shape index (κ3) is 5.87. The number of morpholine rings is 1. The van der Waals surface area contributed by atoms with Crippen molar-refractivity contribution in [1.82, 2.24) is 4.90 Å². The summed E-state index contributed by atoms with van der Waals surface area (Å²) in [5.41, 5.74) is 1.08. The summed E-state index contributed by atoms with van der Waals surface area (Å²) in [6, 6.07) is 16.4. The van der Waals surface area contributed by atoms with Gasteiger partial charge in [0.05, 0.1) is 19.8 Å². The van der Waals surface area contributed by atoms with E-state index in [9.17, 15) is 0 Å². The lowest BCUT2D eigenvalue weighted by atomic mass is 10.0. The standard InChI is InChI=1S/C24H33NO4/c1-5-26-20-9-7-19(8-10-20)24(23-17-25(18(3)4)15-16-28-23)29-22-13-11-21(12-14-22)27-6-2/h7-14,18,23-24H,5-6,15-17H2,1-4H3. The summed E-state index contributed by atoms with van der Waals surface area (Å²) in [6.45, 7) is 12.2. The van der Waals surface area contributed by atoms with E-state index in [-0.39, 0.29) is 12.2 Å². The molecule has 2 aromatic carbocycles. The molecule has 0 aromatic heterocycles. The Balaban J connectivity index is 1.82. The largest absolute Gasteiger partial charge is 0.494 e. The van der Waals surface area contributed by atoms with Crippen LogP contribution in [0.2, 0.25) is 0 Å². The highest BCUT2D eigenvalue weighted by Gasteiger charge is 2.32. The molecule has 0 saturated carbocycles. The molecule has 2 aromatic rings. The Morgan fingerprint density at radius 1 is 0.897 bits per heavy atom. The van der Waals surface area contributed by atoms with Crippen LogP contribution in [0.3, 0.4) is 0 Å². The lowest BCUT2D eigenvalue weighted by molar-refractivity contribution is -0.0885. The van der Waals surface area contributed by atoms with Crippen LogP contribution in [0.4, 0.5) is 0 Å². The van der Waals surface area contributed by atoms with Crippen molar-refractivity contribution in [3.63, 3.8) is 0 Å². The summed E-state index contributed by atoms with van der Waals surface area (Å²) in [7, 11) is 0. The first-order chi connectivity index (χ1) is 14.1. The van der Waals surface area contributed by atoms with Gasteiger partial charge in [-0.3, -0.25) is 4.90 Å². The molecular formula is C24H33NO4. The predicted octanol–water partition coefficient (Wildman–Crippen LogP) is 4.71. The molecule has 1 heterocycles. The summed E-state index contributed by atoms with van der Waals surface area (Å²) in [5.74, 6) is 2.51. The Morgan fingerprint density at radius 2 is 1.45 bits per heavy atom. The molecule has 5 heteroatoms. The van der Waals surface area contributed by atoms with Crippen molar-refractivity contribution >= 4 is 0 Å². The van der Waals surface area contributed by atoms with E-state index in [0.29, 0.717) is 25.9 Å². The van der Waals surface area contributed by atoms with Gasteiger partial charge in [0.15, 0.2) is 6.10 Å². The van der Waals surface area contributed by atoms with Crippen LogP contribution >= 0.6 is 0 Å². The maximum atomic E-state index is 6.45. The summed E-state index contributed by atoms with van der Waals surface area (Å²) in [4.78, 5) is 2.44. The fourth-order valence-electron chi connectivity index (χ4n) is 3.56. The van der Waals surface area contributed by atoms with Gasteiger partial charge in [0.2, 0.25) is 0 Å². The molecule has 1 fully saturated rings. The minimum absolute atomic E-state index is 0.0457. The summed E-state index contributed by atoms with van der Waals surface area (Å²) < 4.78 is 23.8. The first kappa shape index (κ1) is 21.5. The van der Waals surface area contributed by atoms with Crippen LogP contribution in [0.5, 0.6) is 17.2 Å². The van der Waals surface area contributed by atoms with Gasteiger partial charge in [-0.25, -0.2) is 0 Å². The summed E-state index contributed by atoms with van der Waals surface area (Å²) >= 11 is 0. The zero-order valence-corrected chi connectivity index (χ0v) is 18.0. The van der Waals surface area contributed by atoms with E-state index in [0.717, 1.165) is 35.9 Å². The van der Waals surface area contributed by atoms with E-state index in [1.165, 1.54) is 0 Å². The lowest BCUT2D eigenvalue weighted by Gasteiger charge is -2.39. The van der Waals surface area contributed by atoms with Crippen molar-refractivity contribution in [1.29, 1.82) is 0 Å². The van der Waals surface area contributed by atoms with Crippen LogP contribution in [0, 0.1) is 0 Å². The highest BCUT2D eigenvalue weighted by molar-refractivity contribution is 5.34. The molecular weight excluding hydrogens is 366 g/mol. The van der Waals surface area contributed by atoms with E-state index < -0.39 is 0 Å². The van der Waals surface area contributed by atoms with Crippen molar-refractivity contribution in [2.24, 2.45) is 0 Å². The van der Waals surface area contributed by atoms with Crippen LogP contribution in [0.15, 0.2) is 48.5 Å². The quantitative estimate of drug-likeness (QED) is 0.611. The normalized spacial score (nSPS) is 18.4. The Hall–Kier alpha value is -2.24. The highest BCUT2D eigenvalue weighted by Crippen LogP contribution is 2.31. The monoisotopic (exact) mass is 399 g/mol. The van der Waals surface area contributed by atoms with Crippen LogP contribution in [-0.2, 0) is 4.74 Å². The van der Waals surface area contributed by atoms with Crippen molar-refractivity contribution < 1.29 is 18.9 Å². The second kappa shape index (κ2) is 10.5. The number of ether oxygens (including phenoxy) is 4. The molecule has 0 bridgehead atoms. The first-order valence-electron chi connectivity index (χ1n) is 10.6. The summed E-state index contributed by atoms with van der Waals surface area (Å²) in [5, 5.41) is 0. The molecule has 0 amide bonds. The molecule has 1 saturated heterocycles. The average molecular weight is 400 g/mol. The number of benzene rings is 2. The van der Waals surface area contributed by atoms with Gasteiger partial charge in [0, 0.05) is 19.1 Å². The van der Waals surface area contributed by atoms with Gasteiger partial charge in [0.1, 0.15) is 23.4 Å². The number of rotatable bonds is 9. The third-order valence-corrected chi connectivity index (χ3v) is 5.11. The highest BCUT2D eigenvalue weighted by atomic mass is 16.5. The molecule has 2 unspecified atom stereocenters. The molecule has 1 aliphatic heterocycles. The zero-order chi connectivity index (χ0) is 20.6. The Kier molecular flexibility index (Phi) is 7.78. The van der Waals surface area contributed by atoms with E-state index in [1.807, 2.05) is 50.2 Å². The molecule has 158 valence electrons. The fraction of sp³-hybridized carbons (Fsp3) is 0.500. The van der Waals surface area contributed by atoms with Crippen LogP contribution < -0.4 is 14.2 Å². The number of hydrogen-bond acceptors (Lipinski definition) is 5. The van der Waals surface area contributed by atoms with Gasteiger partial charge in [-0.2, -0.15) is 0 Å². The zero-order valence-electron chi connectivity index (χ0n) is 18.0. The van der Waals surface area contributed by atoms with E-state index in [2.05, 4.69) is 30.9 Å². The van der Waals surface area contributed by atoms with Crippen molar-refractivity contribution in [2.45, 2.75) is 45.9 Å². The molecule has 3 rings (SSSR count). The molecule has 1 aliphatic rings. The van der Waals surface area contributed by atoms with Crippen molar-refractivity contribution in [3.8, 4) is 17.2 Å². The Labute approximate surface area is 174 Å². The first-order valence-corrected chi connectivity index (χ1v) is 10.6. The molecule has 2 atom stereocenters. The van der Waals surface area contributed by atoms with Crippen molar-refractivity contribution in [2.75, 3.05) is 32.9 Å². The predicted molar refractivity (Wildman–Crippen MR) is 115 cm³/mol. The fourth-order valence-corrected chi connectivity index (χ4v) is 3.56. The minimum atomic E-state index is -0.204. The Bertz CT molecular complexity index is 730. The topological polar surface area (TPSA) is 40.2 Å². The van der Waals surface area contributed by atoms with Gasteiger partial charge in [-0.05, 0) is 69.7 Å². The van der Waals surface area contributed by atoms with Crippen LogP contribution in [0.1, 0.15) is 39.4 Å². The van der Waals surface area contributed by atoms with E-state index in [4.69, 9.17) is 18.9 Å². The smallest absolute Gasteiger partial charge is 0.151 e. The lowest BCUT2D eigenvalue weighted by Crippen LogP contribution is -2.48. The van der Waals surface area contributed by atoms with Gasteiger partial charge < -0.3 is 18.9 Å². The molecule has 0 aliphatic carbocycles. The summed E-state index contributed by atoms with van der Waals surface area (Å²) in [6.07, 6.45) is -0.249. The maximum Gasteiger partial charge on any atom is 0.151 e.